The molecule has 1 aromatic carbocycles. The fourth-order valence-corrected chi connectivity index (χ4v) is 2.55. The average Bonchev–Trinajstić information content (AvgIpc) is 2.42. The summed E-state index contributed by atoms with van der Waals surface area (Å²) in [5.41, 5.74) is -1.67. The second kappa shape index (κ2) is 5.07. The van der Waals surface area contributed by atoms with Gasteiger partial charge in [0.2, 0.25) is 0 Å². The molecule has 0 amide bonds. The molecular formula is C15H16FNO3. The van der Waals surface area contributed by atoms with E-state index in [9.17, 15) is 19.1 Å². The third kappa shape index (κ3) is 1.99. The van der Waals surface area contributed by atoms with Gasteiger partial charge in [-0.05, 0) is 42.5 Å². The quantitative estimate of drug-likeness (QED) is 0.934. The van der Waals surface area contributed by atoms with Crippen molar-refractivity contribution in [1.82, 2.24) is 4.57 Å². The van der Waals surface area contributed by atoms with Gasteiger partial charge in [-0.15, -0.1) is 0 Å². The summed E-state index contributed by atoms with van der Waals surface area (Å²) < 4.78 is 14.4. The predicted molar refractivity (Wildman–Crippen MR) is 74.4 cm³/mol. The molecule has 5 heteroatoms. The van der Waals surface area contributed by atoms with Crippen LogP contribution in [-0.4, -0.2) is 15.6 Å². The highest BCUT2D eigenvalue weighted by Gasteiger charge is 2.37. The topological polar surface area (TPSA) is 59.3 Å². The molecule has 0 saturated carbocycles. The Kier molecular flexibility index (Phi) is 3.61. The average molecular weight is 277 g/mol. The van der Waals surface area contributed by atoms with E-state index in [2.05, 4.69) is 0 Å². The van der Waals surface area contributed by atoms with E-state index in [0.29, 0.717) is 23.6 Å². The molecule has 0 atom stereocenters. The first-order valence-electron chi connectivity index (χ1n) is 6.51. The van der Waals surface area contributed by atoms with Gasteiger partial charge in [-0.2, -0.15) is 0 Å². The van der Waals surface area contributed by atoms with E-state index >= 15 is 0 Å². The minimum Gasteiger partial charge on any atom is -0.479 e. The first-order chi connectivity index (χ1) is 9.46. The SMILES string of the molecule is CCC(CC)(C(=O)O)n1ccc2cc(F)ccc2c1=O. The number of halogens is 1. The van der Waals surface area contributed by atoms with Crippen molar-refractivity contribution in [3.8, 4) is 0 Å². The minimum absolute atomic E-state index is 0.297. The number of fused-ring (bicyclic) bond motifs is 1. The molecule has 0 aliphatic heterocycles. The zero-order chi connectivity index (χ0) is 14.9. The second-order valence-electron chi connectivity index (χ2n) is 4.77. The van der Waals surface area contributed by atoms with Gasteiger partial charge in [0.15, 0.2) is 0 Å². The number of hydrogen-bond acceptors (Lipinski definition) is 2. The maximum Gasteiger partial charge on any atom is 0.329 e. The highest BCUT2D eigenvalue weighted by molar-refractivity contribution is 5.82. The van der Waals surface area contributed by atoms with Gasteiger partial charge >= 0.3 is 5.97 Å². The van der Waals surface area contributed by atoms with Gasteiger partial charge in [-0.3, -0.25) is 9.36 Å². The number of carboxylic acid groups (broad SMARTS) is 1. The molecule has 2 aromatic rings. The zero-order valence-corrected chi connectivity index (χ0v) is 11.4. The van der Waals surface area contributed by atoms with Crippen LogP contribution in [0.25, 0.3) is 10.8 Å². The standard InChI is InChI=1S/C15H16FNO3/c1-3-15(4-2,14(19)20)17-8-7-10-9-11(16)5-6-12(10)13(17)18/h5-9H,3-4H2,1-2H3,(H,19,20). The van der Waals surface area contributed by atoms with E-state index in [1.807, 2.05) is 0 Å². The number of aromatic nitrogens is 1. The molecule has 1 N–H and O–H groups in total. The zero-order valence-electron chi connectivity index (χ0n) is 11.4. The highest BCUT2D eigenvalue weighted by atomic mass is 19.1. The van der Waals surface area contributed by atoms with Crippen LogP contribution < -0.4 is 5.56 Å². The maximum absolute atomic E-state index is 13.2. The third-order valence-corrected chi connectivity index (χ3v) is 3.90. The Labute approximate surface area is 115 Å². The molecule has 20 heavy (non-hydrogen) atoms. The number of carbonyl (C=O) groups is 1. The van der Waals surface area contributed by atoms with Crippen LogP contribution in [0.2, 0.25) is 0 Å². The lowest BCUT2D eigenvalue weighted by atomic mass is 9.92. The molecule has 0 spiro atoms. The smallest absolute Gasteiger partial charge is 0.329 e. The number of nitrogens with zero attached hydrogens (tertiary/aromatic N) is 1. The molecular weight excluding hydrogens is 261 g/mol. The molecule has 0 saturated heterocycles. The van der Waals surface area contributed by atoms with E-state index in [1.54, 1.807) is 19.9 Å². The fourth-order valence-electron chi connectivity index (χ4n) is 2.55. The summed E-state index contributed by atoms with van der Waals surface area (Å²) in [6, 6.07) is 5.43. The molecule has 106 valence electrons. The lowest BCUT2D eigenvalue weighted by Crippen LogP contribution is -2.46. The summed E-state index contributed by atoms with van der Waals surface area (Å²) >= 11 is 0. The minimum atomic E-state index is -1.26. The summed E-state index contributed by atoms with van der Waals surface area (Å²) in [5, 5.41) is 10.3. The van der Waals surface area contributed by atoms with Crippen LogP contribution in [0.15, 0.2) is 35.3 Å². The van der Waals surface area contributed by atoms with Crippen LogP contribution in [0.3, 0.4) is 0 Å². The molecule has 0 aliphatic rings. The van der Waals surface area contributed by atoms with E-state index < -0.39 is 22.9 Å². The largest absolute Gasteiger partial charge is 0.479 e. The van der Waals surface area contributed by atoms with E-state index in [1.165, 1.54) is 29.0 Å². The molecule has 1 aromatic heterocycles. The third-order valence-electron chi connectivity index (χ3n) is 3.90. The van der Waals surface area contributed by atoms with Gasteiger partial charge in [0.05, 0.1) is 0 Å². The Hall–Kier alpha value is -2.17. The first kappa shape index (κ1) is 14.2. The Balaban J connectivity index is 2.79. The molecule has 0 bridgehead atoms. The lowest BCUT2D eigenvalue weighted by Gasteiger charge is -2.29. The Bertz CT molecular complexity index is 717. The fraction of sp³-hybridized carbons (Fsp3) is 0.333. The summed E-state index contributed by atoms with van der Waals surface area (Å²) in [7, 11) is 0. The summed E-state index contributed by atoms with van der Waals surface area (Å²) in [6.07, 6.45) is 2.03. The van der Waals surface area contributed by atoms with Gasteiger partial charge in [0, 0.05) is 11.6 Å². The first-order valence-corrected chi connectivity index (χ1v) is 6.51. The Morgan fingerprint density at radius 2 is 1.95 bits per heavy atom. The van der Waals surface area contributed by atoms with Crippen molar-refractivity contribution >= 4 is 16.7 Å². The van der Waals surface area contributed by atoms with Crippen LogP contribution in [0, 0.1) is 5.82 Å². The molecule has 0 aliphatic carbocycles. The van der Waals surface area contributed by atoms with Crippen LogP contribution in [0.1, 0.15) is 26.7 Å². The van der Waals surface area contributed by atoms with Gasteiger partial charge in [0.25, 0.3) is 5.56 Å². The number of hydrogen-bond donors (Lipinski definition) is 1. The molecule has 2 rings (SSSR count). The molecule has 0 fully saturated rings. The maximum atomic E-state index is 13.2. The number of pyridine rings is 1. The number of rotatable bonds is 4. The van der Waals surface area contributed by atoms with Gasteiger partial charge in [-0.1, -0.05) is 13.8 Å². The normalized spacial score (nSPS) is 11.8. The van der Waals surface area contributed by atoms with Crippen molar-refractivity contribution < 1.29 is 14.3 Å². The lowest BCUT2D eigenvalue weighted by molar-refractivity contribution is -0.148. The van der Waals surface area contributed by atoms with Gasteiger partial charge in [-0.25, -0.2) is 9.18 Å². The molecule has 4 nitrogen and oxygen atoms in total. The number of carboxylic acids is 1. The van der Waals surface area contributed by atoms with Crippen molar-refractivity contribution in [3.63, 3.8) is 0 Å². The van der Waals surface area contributed by atoms with Crippen LogP contribution in [-0.2, 0) is 10.3 Å². The van der Waals surface area contributed by atoms with Crippen LogP contribution in [0.5, 0.6) is 0 Å². The monoisotopic (exact) mass is 277 g/mol. The van der Waals surface area contributed by atoms with Crippen LogP contribution in [0.4, 0.5) is 4.39 Å². The summed E-state index contributed by atoms with van der Waals surface area (Å²) in [4.78, 5) is 24.1. The number of aliphatic carboxylic acids is 1. The van der Waals surface area contributed by atoms with Crippen molar-refractivity contribution in [2.24, 2.45) is 0 Å². The number of benzene rings is 1. The Morgan fingerprint density at radius 3 is 2.50 bits per heavy atom. The van der Waals surface area contributed by atoms with Crippen molar-refractivity contribution in [2.45, 2.75) is 32.2 Å². The van der Waals surface area contributed by atoms with Gasteiger partial charge < -0.3 is 5.11 Å². The molecule has 1 heterocycles. The molecule has 0 radical (unpaired) electrons. The predicted octanol–water partition coefficient (Wildman–Crippen LogP) is 2.74. The van der Waals surface area contributed by atoms with E-state index in [4.69, 9.17) is 0 Å². The van der Waals surface area contributed by atoms with Crippen molar-refractivity contribution in [2.75, 3.05) is 0 Å². The van der Waals surface area contributed by atoms with Crippen molar-refractivity contribution in [3.05, 3.63) is 46.6 Å². The Morgan fingerprint density at radius 1 is 1.30 bits per heavy atom. The second-order valence-corrected chi connectivity index (χ2v) is 4.77. The van der Waals surface area contributed by atoms with Crippen molar-refractivity contribution in [1.29, 1.82) is 0 Å². The van der Waals surface area contributed by atoms with Crippen LogP contribution >= 0.6 is 0 Å². The van der Waals surface area contributed by atoms with Gasteiger partial charge in [0.1, 0.15) is 11.4 Å². The molecule has 0 unspecified atom stereocenters. The summed E-state index contributed by atoms with van der Waals surface area (Å²) in [5.74, 6) is -1.46. The van der Waals surface area contributed by atoms with E-state index in [-0.39, 0.29) is 0 Å². The highest BCUT2D eigenvalue weighted by Crippen LogP contribution is 2.25. The summed E-state index contributed by atoms with van der Waals surface area (Å²) in [6.45, 7) is 3.47. The van der Waals surface area contributed by atoms with E-state index in [0.717, 1.165) is 0 Å².